The maximum Gasteiger partial charge on any atom is 0.240 e. The number of pyridine rings is 1. The Morgan fingerprint density at radius 1 is 1.21 bits per heavy atom. The Bertz CT molecular complexity index is 1290. The number of hydrogen-bond donors (Lipinski definition) is 0. The van der Waals surface area contributed by atoms with Crippen molar-refractivity contribution in [1.82, 2.24) is 44.7 Å². The van der Waals surface area contributed by atoms with E-state index in [-0.39, 0.29) is 6.61 Å². The van der Waals surface area contributed by atoms with E-state index in [9.17, 15) is 0 Å². The highest BCUT2D eigenvalue weighted by Gasteiger charge is 2.18. The van der Waals surface area contributed by atoms with Gasteiger partial charge in [-0.25, -0.2) is 4.98 Å². The van der Waals surface area contributed by atoms with Gasteiger partial charge in [-0.15, -0.1) is 15.3 Å². The van der Waals surface area contributed by atoms with Crippen molar-refractivity contribution in [3.05, 3.63) is 54.6 Å². The Hall–Kier alpha value is -4.15. The third kappa shape index (κ3) is 3.08. The molecule has 11 heteroatoms. The molecule has 0 spiro atoms. The lowest BCUT2D eigenvalue weighted by atomic mass is 10.1. The molecule has 0 atom stereocenters. The summed E-state index contributed by atoms with van der Waals surface area (Å²) >= 11 is 0. The molecule has 0 N–H and O–H groups in total. The van der Waals surface area contributed by atoms with E-state index in [1.54, 1.807) is 34.7 Å². The SMILES string of the molecule is Cc1cc(-c2nnc3cc(-c4cccnc4)c(OCc4ncnn4C)nn23)no1. The van der Waals surface area contributed by atoms with Crippen LogP contribution in [0.15, 0.2) is 47.5 Å². The number of aromatic nitrogens is 9. The average Bonchev–Trinajstić information content (AvgIpc) is 3.46. The first-order valence-corrected chi connectivity index (χ1v) is 8.75. The molecule has 0 saturated heterocycles. The van der Waals surface area contributed by atoms with Gasteiger partial charge in [0.1, 0.15) is 18.7 Å². The van der Waals surface area contributed by atoms with Crippen LogP contribution in [0, 0.1) is 6.92 Å². The van der Waals surface area contributed by atoms with Gasteiger partial charge in [0.2, 0.25) is 11.7 Å². The highest BCUT2D eigenvalue weighted by Crippen LogP contribution is 2.30. The summed E-state index contributed by atoms with van der Waals surface area (Å²) in [5.41, 5.74) is 2.67. The molecule has 5 heterocycles. The van der Waals surface area contributed by atoms with Gasteiger partial charge < -0.3 is 9.26 Å². The largest absolute Gasteiger partial charge is 0.468 e. The van der Waals surface area contributed by atoms with Gasteiger partial charge in [-0.1, -0.05) is 11.2 Å². The van der Waals surface area contributed by atoms with E-state index in [0.29, 0.717) is 34.6 Å². The topological polar surface area (TPSA) is 122 Å². The van der Waals surface area contributed by atoms with Crippen LogP contribution in [-0.4, -0.2) is 44.7 Å². The summed E-state index contributed by atoms with van der Waals surface area (Å²) in [6.45, 7) is 2.01. The Kier molecular flexibility index (Phi) is 3.97. The van der Waals surface area contributed by atoms with E-state index in [0.717, 1.165) is 11.1 Å². The van der Waals surface area contributed by atoms with Crippen LogP contribution in [0.4, 0.5) is 0 Å². The summed E-state index contributed by atoms with van der Waals surface area (Å²) < 4.78 is 14.4. The Morgan fingerprint density at radius 3 is 2.86 bits per heavy atom. The predicted octanol–water partition coefficient (Wildman–Crippen LogP) is 1.86. The zero-order chi connectivity index (χ0) is 19.8. The Balaban J connectivity index is 1.63. The zero-order valence-electron chi connectivity index (χ0n) is 15.6. The zero-order valence-corrected chi connectivity index (χ0v) is 15.6. The van der Waals surface area contributed by atoms with Crippen LogP contribution in [-0.2, 0) is 13.7 Å². The summed E-state index contributed by atoms with van der Waals surface area (Å²) in [5, 5.41) is 21.1. The van der Waals surface area contributed by atoms with E-state index in [1.807, 2.05) is 25.1 Å². The fraction of sp³-hybridized carbons (Fsp3) is 0.167. The smallest absolute Gasteiger partial charge is 0.240 e. The lowest BCUT2D eigenvalue weighted by Gasteiger charge is -2.11. The Morgan fingerprint density at radius 2 is 2.14 bits per heavy atom. The molecule has 0 fully saturated rings. The van der Waals surface area contributed by atoms with Crippen molar-refractivity contribution < 1.29 is 9.26 Å². The average molecular weight is 389 g/mol. The molecule has 5 aromatic heterocycles. The second kappa shape index (κ2) is 6.78. The van der Waals surface area contributed by atoms with Crippen LogP contribution in [0.2, 0.25) is 0 Å². The summed E-state index contributed by atoms with van der Waals surface area (Å²) in [4.78, 5) is 8.37. The molecular formula is C18H15N9O2. The second-order valence-electron chi connectivity index (χ2n) is 6.31. The lowest BCUT2D eigenvalue weighted by Crippen LogP contribution is -2.08. The van der Waals surface area contributed by atoms with Crippen LogP contribution >= 0.6 is 0 Å². The molecule has 144 valence electrons. The van der Waals surface area contributed by atoms with Gasteiger partial charge in [0.05, 0.1) is 5.56 Å². The standard InChI is InChI=1S/C18H15N9O2/c1-11-6-14(25-29-11)17-23-22-15-7-13(12-4-3-5-19-8-12)18(24-27(15)17)28-9-16-20-10-21-26(16)2/h3-8,10H,9H2,1-2H3. The van der Waals surface area contributed by atoms with E-state index in [2.05, 4.69) is 35.5 Å². The maximum atomic E-state index is 6.01. The third-order valence-electron chi connectivity index (χ3n) is 4.33. The van der Waals surface area contributed by atoms with E-state index in [1.165, 1.54) is 6.33 Å². The van der Waals surface area contributed by atoms with Crippen LogP contribution in [0.1, 0.15) is 11.6 Å². The van der Waals surface area contributed by atoms with Crippen LogP contribution in [0.25, 0.3) is 28.3 Å². The summed E-state index contributed by atoms with van der Waals surface area (Å²) in [6.07, 6.45) is 4.92. The molecule has 29 heavy (non-hydrogen) atoms. The van der Waals surface area contributed by atoms with Crippen molar-refractivity contribution in [1.29, 1.82) is 0 Å². The summed E-state index contributed by atoms with van der Waals surface area (Å²) in [5.74, 6) is 2.18. The van der Waals surface area contributed by atoms with Gasteiger partial charge in [0.25, 0.3) is 0 Å². The first-order valence-electron chi connectivity index (χ1n) is 8.75. The number of ether oxygens (including phenoxy) is 1. The van der Waals surface area contributed by atoms with Gasteiger partial charge in [-0.05, 0) is 19.1 Å². The number of hydrogen-bond acceptors (Lipinski definition) is 9. The molecule has 0 aromatic carbocycles. The minimum absolute atomic E-state index is 0.197. The number of rotatable bonds is 5. The van der Waals surface area contributed by atoms with E-state index >= 15 is 0 Å². The molecule has 0 radical (unpaired) electrons. The molecule has 11 nitrogen and oxygen atoms in total. The highest BCUT2D eigenvalue weighted by molar-refractivity contribution is 5.72. The number of nitrogens with zero attached hydrogens (tertiary/aromatic N) is 9. The fourth-order valence-electron chi connectivity index (χ4n) is 2.87. The second-order valence-corrected chi connectivity index (χ2v) is 6.31. The molecule has 0 bridgehead atoms. The van der Waals surface area contributed by atoms with E-state index in [4.69, 9.17) is 9.26 Å². The van der Waals surface area contributed by atoms with Gasteiger partial charge in [0, 0.05) is 31.1 Å². The van der Waals surface area contributed by atoms with Crippen molar-refractivity contribution in [2.24, 2.45) is 7.05 Å². The van der Waals surface area contributed by atoms with Crippen LogP contribution < -0.4 is 4.74 Å². The molecule has 5 aromatic rings. The molecule has 0 unspecified atom stereocenters. The van der Waals surface area contributed by atoms with Crippen molar-refractivity contribution in [2.75, 3.05) is 0 Å². The van der Waals surface area contributed by atoms with Gasteiger partial charge in [-0.3, -0.25) is 9.67 Å². The molecule has 5 rings (SSSR count). The molecule has 0 saturated carbocycles. The molecule has 0 aliphatic carbocycles. The quantitative estimate of drug-likeness (QED) is 0.443. The normalized spacial score (nSPS) is 11.2. The molecule has 0 aliphatic rings. The third-order valence-corrected chi connectivity index (χ3v) is 4.33. The molecule has 0 aliphatic heterocycles. The number of aryl methyl sites for hydroxylation is 2. The van der Waals surface area contributed by atoms with Crippen LogP contribution in [0.3, 0.4) is 0 Å². The lowest BCUT2D eigenvalue weighted by molar-refractivity contribution is 0.275. The fourth-order valence-corrected chi connectivity index (χ4v) is 2.87. The van der Waals surface area contributed by atoms with Crippen molar-refractivity contribution in [3.8, 4) is 28.5 Å². The maximum absolute atomic E-state index is 6.01. The molecule has 0 amide bonds. The van der Waals surface area contributed by atoms with Gasteiger partial charge >= 0.3 is 0 Å². The number of fused-ring (bicyclic) bond motifs is 1. The Labute approximate surface area is 164 Å². The highest BCUT2D eigenvalue weighted by atomic mass is 16.5. The van der Waals surface area contributed by atoms with Gasteiger partial charge in [-0.2, -0.15) is 9.61 Å². The first-order chi connectivity index (χ1) is 14.2. The monoisotopic (exact) mass is 389 g/mol. The van der Waals surface area contributed by atoms with Crippen molar-refractivity contribution in [3.63, 3.8) is 0 Å². The summed E-state index contributed by atoms with van der Waals surface area (Å²) in [7, 11) is 1.80. The first kappa shape index (κ1) is 17.0. The molecular weight excluding hydrogens is 374 g/mol. The van der Waals surface area contributed by atoms with Crippen molar-refractivity contribution in [2.45, 2.75) is 13.5 Å². The van der Waals surface area contributed by atoms with Gasteiger partial charge in [0.15, 0.2) is 17.2 Å². The van der Waals surface area contributed by atoms with Crippen molar-refractivity contribution >= 4 is 5.65 Å². The van der Waals surface area contributed by atoms with E-state index < -0.39 is 0 Å². The minimum Gasteiger partial charge on any atom is -0.468 e. The minimum atomic E-state index is 0.197. The summed E-state index contributed by atoms with van der Waals surface area (Å²) in [6, 6.07) is 7.39. The van der Waals surface area contributed by atoms with Crippen LogP contribution in [0.5, 0.6) is 5.88 Å². The predicted molar refractivity (Wildman–Crippen MR) is 99.6 cm³/mol.